The number of hydrogen-bond acceptors (Lipinski definition) is 4. The minimum absolute atomic E-state index is 0.101. The van der Waals surface area contributed by atoms with Crippen LogP contribution in [0.2, 0.25) is 0 Å². The van der Waals surface area contributed by atoms with Crippen LogP contribution in [-0.4, -0.2) is 10.1 Å². The number of thiazole rings is 1. The molecule has 0 aliphatic carbocycles. The van der Waals surface area contributed by atoms with Gasteiger partial charge < -0.3 is 9.52 Å². The van der Waals surface area contributed by atoms with E-state index in [1.165, 1.54) is 11.3 Å². The van der Waals surface area contributed by atoms with E-state index in [-0.39, 0.29) is 5.41 Å². The summed E-state index contributed by atoms with van der Waals surface area (Å²) in [6.07, 6.45) is 1.64. The maximum Gasteiger partial charge on any atom is 0.162 e. The van der Waals surface area contributed by atoms with Gasteiger partial charge in [0, 0.05) is 5.41 Å². The Morgan fingerprint density at radius 2 is 1.89 bits per heavy atom. The Morgan fingerprint density at radius 3 is 2.28 bits per heavy atom. The van der Waals surface area contributed by atoms with Gasteiger partial charge in [-0.3, -0.25) is 0 Å². The molecule has 0 spiro atoms. The second-order valence-electron chi connectivity index (χ2n) is 5.98. The highest BCUT2D eigenvalue weighted by Crippen LogP contribution is 2.39. The molecule has 2 rings (SSSR count). The number of rotatable bonds is 2. The van der Waals surface area contributed by atoms with E-state index in [1.54, 1.807) is 20.1 Å². The molecule has 0 saturated carbocycles. The third-order valence-corrected chi connectivity index (χ3v) is 4.01. The van der Waals surface area contributed by atoms with Crippen molar-refractivity contribution in [3.05, 3.63) is 29.0 Å². The van der Waals surface area contributed by atoms with Gasteiger partial charge in [0.25, 0.3) is 0 Å². The van der Waals surface area contributed by atoms with Gasteiger partial charge in [-0.05, 0) is 26.0 Å². The van der Waals surface area contributed by atoms with Crippen molar-refractivity contribution in [2.45, 2.75) is 45.6 Å². The first-order valence-electron chi connectivity index (χ1n) is 5.97. The molecule has 2 heterocycles. The predicted molar refractivity (Wildman–Crippen MR) is 73.8 cm³/mol. The molecule has 18 heavy (non-hydrogen) atoms. The van der Waals surface area contributed by atoms with Crippen LogP contribution >= 0.6 is 11.3 Å². The molecule has 2 aromatic rings. The monoisotopic (exact) mass is 265 g/mol. The highest BCUT2D eigenvalue weighted by Gasteiger charge is 2.31. The maximum atomic E-state index is 10.3. The van der Waals surface area contributed by atoms with Crippen LogP contribution in [-0.2, 0) is 11.0 Å². The van der Waals surface area contributed by atoms with Gasteiger partial charge in [0.2, 0.25) is 0 Å². The number of nitrogens with zero attached hydrogens (tertiary/aromatic N) is 1. The Kier molecular flexibility index (Phi) is 3.11. The molecule has 2 aromatic heterocycles. The van der Waals surface area contributed by atoms with Crippen molar-refractivity contribution in [1.29, 1.82) is 0 Å². The fraction of sp³-hybridized carbons (Fsp3) is 0.500. The van der Waals surface area contributed by atoms with Crippen molar-refractivity contribution in [3.8, 4) is 10.8 Å². The van der Waals surface area contributed by atoms with Crippen molar-refractivity contribution in [1.82, 2.24) is 4.98 Å². The maximum absolute atomic E-state index is 10.3. The third-order valence-electron chi connectivity index (χ3n) is 2.63. The van der Waals surface area contributed by atoms with E-state index in [9.17, 15) is 5.11 Å². The van der Waals surface area contributed by atoms with Gasteiger partial charge in [-0.1, -0.05) is 20.8 Å². The Bertz CT molecular complexity index is 496. The van der Waals surface area contributed by atoms with Gasteiger partial charge in [-0.2, -0.15) is 0 Å². The Balaban J connectivity index is 2.59. The second kappa shape index (κ2) is 4.21. The molecule has 4 heteroatoms. The fourth-order valence-corrected chi connectivity index (χ4v) is 2.99. The van der Waals surface area contributed by atoms with Crippen LogP contribution in [0.4, 0.5) is 0 Å². The van der Waals surface area contributed by atoms with Crippen LogP contribution in [0.25, 0.3) is 10.8 Å². The van der Waals surface area contributed by atoms with E-state index >= 15 is 0 Å². The second-order valence-corrected chi connectivity index (χ2v) is 6.98. The standard InChI is InChI=1S/C14H19NO2S/c1-13(2,3)10-11(14(4,5)16)18-12(15-10)9-7-6-8-17-9/h6-8,16H,1-5H3. The van der Waals surface area contributed by atoms with E-state index in [2.05, 4.69) is 25.8 Å². The summed E-state index contributed by atoms with van der Waals surface area (Å²) in [4.78, 5) is 5.56. The van der Waals surface area contributed by atoms with Crippen molar-refractivity contribution >= 4 is 11.3 Å². The van der Waals surface area contributed by atoms with Crippen molar-refractivity contribution in [2.24, 2.45) is 0 Å². The van der Waals surface area contributed by atoms with Crippen molar-refractivity contribution < 1.29 is 9.52 Å². The zero-order chi connectivity index (χ0) is 13.6. The molecule has 0 radical (unpaired) electrons. The zero-order valence-electron chi connectivity index (χ0n) is 11.4. The van der Waals surface area contributed by atoms with Crippen LogP contribution in [0.3, 0.4) is 0 Å². The van der Waals surface area contributed by atoms with Gasteiger partial charge >= 0.3 is 0 Å². The lowest BCUT2D eigenvalue weighted by Crippen LogP contribution is -2.22. The first kappa shape index (κ1) is 13.3. The number of aromatic nitrogens is 1. The van der Waals surface area contributed by atoms with Crippen LogP contribution in [0, 0.1) is 0 Å². The molecule has 1 N–H and O–H groups in total. The van der Waals surface area contributed by atoms with Crippen molar-refractivity contribution in [2.75, 3.05) is 0 Å². The van der Waals surface area contributed by atoms with Gasteiger partial charge in [0.15, 0.2) is 10.8 Å². The van der Waals surface area contributed by atoms with Crippen LogP contribution in [0.1, 0.15) is 45.2 Å². The van der Waals surface area contributed by atoms with E-state index in [0.29, 0.717) is 0 Å². The lowest BCUT2D eigenvalue weighted by atomic mass is 9.88. The number of furan rings is 1. The smallest absolute Gasteiger partial charge is 0.162 e. The molecule has 0 amide bonds. The van der Waals surface area contributed by atoms with Gasteiger partial charge in [0.05, 0.1) is 22.4 Å². The number of hydrogen-bond donors (Lipinski definition) is 1. The molecule has 0 saturated heterocycles. The highest BCUT2D eigenvalue weighted by molar-refractivity contribution is 7.15. The molecule has 0 atom stereocenters. The topological polar surface area (TPSA) is 46.3 Å². The molecule has 0 aliphatic heterocycles. The zero-order valence-corrected chi connectivity index (χ0v) is 12.3. The summed E-state index contributed by atoms with van der Waals surface area (Å²) < 4.78 is 5.38. The molecule has 0 fully saturated rings. The van der Waals surface area contributed by atoms with E-state index in [1.807, 2.05) is 12.1 Å². The minimum Gasteiger partial charge on any atom is -0.462 e. The average molecular weight is 265 g/mol. The minimum atomic E-state index is -0.884. The van der Waals surface area contributed by atoms with Crippen LogP contribution in [0.5, 0.6) is 0 Å². The van der Waals surface area contributed by atoms with E-state index < -0.39 is 5.60 Å². The van der Waals surface area contributed by atoms with Gasteiger partial charge in [0.1, 0.15) is 0 Å². The average Bonchev–Trinajstić information content (AvgIpc) is 2.84. The first-order valence-corrected chi connectivity index (χ1v) is 6.79. The Morgan fingerprint density at radius 1 is 1.22 bits per heavy atom. The molecule has 98 valence electrons. The normalized spacial score (nSPS) is 13.0. The quantitative estimate of drug-likeness (QED) is 0.895. The summed E-state index contributed by atoms with van der Waals surface area (Å²) in [5, 5.41) is 11.1. The van der Waals surface area contributed by atoms with Crippen LogP contribution < -0.4 is 0 Å². The Labute approximate surface area is 111 Å². The molecule has 0 aliphatic rings. The summed E-state index contributed by atoms with van der Waals surface area (Å²) in [7, 11) is 0. The van der Waals surface area contributed by atoms with Crippen LogP contribution in [0.15, 0.2) is 22.8 Å². The molecule has 0 bridgehead atoms. The van der Waals surface area contributed by atoms with E-state index in [0.717, 1.165) is 21.3 Å². The number of aliphatic hydroxyl groups is 1. The summed E-state index contributed by atoms with van der Waals surface area (Å²) in [6, 6.07) is 3.73. The van der Waals surface area contributed by atoms with Gasteiger partial charge in [-0.25, -0.2) is 4.98 Å². The summed E-state index contributed by atoms with van der Waals surface area (Å²) in [6.45, 7) is 9.89. The lowest BCUT2D eigenvalue weighted by molar-refractivity contribution is 0.0803. The first-order chi connectivity index (χ1) is 8.19. The highest BCUT2D eigenvalue weighted by atomic mass is 32.1. The fourth-order valence-electron chi connectivity index (χ4n) is 1.75. The summed E-state index contributed by atoms with van der Waals surface area (Å²) in [5.74, 6) is 0.751. The largest absolute Gasteiger partial charge is 0.462 e. The summed E-state index contributed by atoms with van der Waals surface area (Å²) >= 11 is 1.50. The van der Waals surface area contributed by atoms with Crippen molar-refractivity contribution in [3.63, 3.8) is 0 Å². The molecular weight excluding hydrogens is 246 g/mol. The lowest BCUT2D eigenvalue weighted by Gasteiger charge is -2.23. The SMILES string of the molecule is CC(C)(C)c1nc(-c2ccco2)sc1C(C)(C)O. The summed E-state index contributed by atoms with van der Waals surface area (Å²) in [5.41, 5.74) is -0.0478. The Hall–Kier alpha value is -1.13. The third kappa shape index (κ3) is 2.49. The molecule has 0 unspecified atom stereocenters. The predicted octanol–water partition coefficient (Wildman–Crippen LogP) is 3.93. The molecule has 0 aromatic carbocycles. The van der Waals surface area contributed by atoms with E-state index in [4.69, 9.17) is 4.42 Å². The van der Waals surface area contributed by atoms with Gasteiger partial charge in [-0.15, -0.1) is 11.3 Å². The molecular formula is C14H19NO2S. The molecule has 3 nitrogen and oxygen atoms in total.